The summed E-state index contributed by atoms with van der Waals surface area (Å²) in [5.74, 6) is 0. The van der Waals surface area contributed by atoms with Crippen LogP contribution < -0.4 is 0 Å². The third kappa shape index (κ3) is 2.23. The van der Waals surface area contributed by atoms with Crippen molar-refractivity contribution in [1.82, 2.24) is 4.98 Å². The second-order valence-corrected chi connectivity index (χ2v) is 6.05. The van der Waals surface area contributed by atoms with Gasteiger partial charge >= 0.3 is 0 Å². The number of aromatic nitrogens is 1. The molecule has 0 saturated heterocycles. The van der Waals surface area contributed by atoms with Gasteiger partial charge in [-0.1, -0.05) is 53.5 Å². The fraction of sp³-hybridized carbons (Fsp3) is 0. The van der Waals surface area contributed by atoms with Crippen molar-refractivity contribution in [2.75, 3.05) is 0 Å². The second-order valence-electron chi connectivity index (χ2n) is 5.18. The molecule has 0 radical (unpaired) electrons. The van der Waals surface area contributed by atoms with Crippen LogP contribution >= 0.6 is 23.2 Å². The van der Waals surface area contributed by atoms with E-state index < -0.39 is 0 Å². The van der Waals surface area contributed by atoms with Crippen LogP contribution in [0.15, 0.2) is 66.7 Å². The van der Waals surface area contributed by atoms with Gasteiger partial charge in [0.1, 0.15) is 0 Å². The van der Waals surface area contributed by atoms with Crippen molar-refractivity contribution < 1.29 is 0 Å². The van der Waals surface area contributed by atoms with Crippen molar-refractivity contribution in [2.45, 2.75) is 0 Å². The highest BCUT2D eigenvalue weighted by Crippen LogP contribution is 2.36. The van der Waals surface area contributed by atoms with Gasteiger partial charge < -0.3 is 0 Å². The summed E-state index contributed by atoms with van der Waals surface area (Å²) in [6, 6.07) is 21.8. The topological polar surface area (TPSA) is 12.9 Å². The van der Waals surface area contributed by atoms with E-state index in [9.17, 15) is 0 Å². The van der Waals surface area contributed by atoms with Gasteiger partial charge in [0.15, 0.2) is 0 Å². The number of hydrogen-bond acceptors (Lipinski definition) is 1. The predicted molar refractivity (Wildman–Crippen MR) is 94.7 cm³/mol. The number of pyridine rings is 1. The quantitative estimate of drug-likeness (QED) is 0.371. The number of halogens is 2. The summed E-state index contributed by atoms with van der Waals surface area (Å²) in [5.41, 5.74) is 4.10. The molecule has 0 amide bonds. The second kappa shape index (κ2) is 5.28. The molecule has 4 rings (SSSR count). The van der Waals surface area contributed by atoms with E-state index in [2.05, 4.69) is 12.1 Å². The van der Waals surface area contributed by atoms with E-state index >= 15 is 0 Å². The highest BCUT2D eigenvalue weighted by Gasteiger charge is 2.12. The molecule has 4 aromatic rings. The minimum atomic E-state index is 0.702. The van der Waals surface area contributed by atoms with E-state index in [0.717, 1.165) is 32.9 Å². The molecule has 0 aliphatic carbocycles. The third-order valence-corrected chi connectivity index (χ3v) is 4.23. The maximum Gasteiger partial charge on any atom is 0.0717 e. The van der Waals surface area contributed by atoms with Crippen LogP contribution in [0.4, 0.5) is 0 Å². The highest BCUT2D eigenvalue weighted by atomic mass is 35.5. The zero-order valence-corrected chi connectivity index (χ0v) is 13.1. The van der Waals surface area contributed by atoms with Gasteiger partial charge in [0, 0.05) is 26.4 Å². The molecule has 3 aromatic carbocycles. The number of hydrogen-bond donors (Lipinski definition) is 0. The van der Waals surface area contributed by atoms with Crippen LogP contribution in [-0.4, -0.2) is 4.98 Å². The maximum absolute atomic E-state index is 6.21. The molecule has 0 spiro atoms. The van der Waals surface area contributed by atoms with Gasteiger partial charge in [-0.2, -0.15) is 0 Å². The van der Waals surface area contributed by atoms with Crippen LogP contribution in [0.2, 0.25) is 10.0 Å². The van der Waals surface area contributed by atoms with Crippen molar-refractivity contribution in [3.63, 3.8) is 0 Å². The van der Waals surface area contributed by atoms with Gasteiger partial charge in [0.25, 0.3) is 0 Å². The monoisotopic (exact) mass is 323 g/mol. The summed E-state index contributed by atoms with van der Waals surface area (Å²) >= 11 is 12.4. The zero-order valence-electron chi connectivity index (χ0n) is 11.6. The van der Waals surface area contributed by atoms with Crippen molar-refractivity contribution in [3.05, 3.63) is 76.8 Å². The van der Waals surface area contributed by atoms with Gasteiger partial charge in [-0.25, -0.2) is 4.98 Å². The minimum absolute atomic E-state index is 0.702. The van der Waals surface area contributed by atoms with E-state index in [1.54, 1.807) is 0 Å². The van der Waals surface area contributed by atoms with E-state index in [4.69, 9.17) is 28.2 Å². The summed E-state index contributed by atoms with van der Waals surface area (Å²) in [5, 5.41) is 3.47. The Kier molecular flexibility index (Phi) is 3.25. The van der Waals surface area contributed by atoms with E-state index in [0.29, 0.717) is 10.0 Å². The maximum atomic E-state index is 6.21. The average Bonchev–Trinajstić information content (AvgIpc) is 2.54. The van der Waals surface area contributed by atoms with Gasteiger partial charge in [-0.15, -0.1) is 0 Å². The zero-order chi connectivity index (χ0) is 15.1. The van der Waals surface area contributed by atoms with E-state index in [1.165, 1.54) is 0 Å². The molecule has 0 bridgehead atoms. The summed E-state index contributed by atoms with van der Waals surface area (Å²) in [4.78, 5) is 4.73. The first-order valence-electron chi connectivity index (χ1n) is 6.96. The molecular weight excluding hydrogens is 313 g/mol. The summed E-state index contributed by atoms with van der Waals surface area (Å²) < 4.78 is 0. The molecule has 0 aliphatic rings. The Labute approximate surface area is 138 Å². The van der Waals surface area contributed by atoms with Crippen molar-refractivity contribution in [2.24, 2.45) is 0 Å². The average molecular weight is 324 g/mol. The molecule has 0 fully saturated rings. The molecule has 22 heavy (non-hydrogen) atoms. The third-order valence-electron chi connectivity index (χ3n) is 3.76. The molecule has 1 heterocycles. The lowest BCUT2D eigenvalue weighted by molar-refractivity contribution is 1.49. The Morgan fingerprint density at radius 1 is 0.636 bits per heavy atom. The lowest BCUT2D eigenvalue weighted by atomic mass is 9.96. The van der Waals surface area contributed by atoms with Gasteiger partial charge in [-0.3, -0.25) is 0 Å². The first kappa shape index (κ1) is 13.6. The molecule has 106 valence electrons. The lowest BCUT2D eigenvalue weighted by Crippen LogP contribution is -1.89. The van der Waals surface area contributed by atoms with Crippen molar-refractivity contribution in [1.29, 1.82) is 0 Å². The summed E-state index contributed by atoms with van der Waals surface area (Å²) in [6.07, 6.45) is 0. The Bertz CT molecular complexity index is 934. The summed E-state index contributed by atoms with van der Waals surface area (Å²) in [7, 11) is 0. The van der Waals surface area contributed by atoms with Crippen LogP contribution in [0.25, 0.3) is 32.9 Å². The van der Waals surface area contributed by atoms with E-state index in [1.807, 2.05) is 54.6 Å². The van der Waals surface area contributed by atoms with Crippen LogP contribution in [0.3, 0.4) is 0 Å². The highest BCUT2D eigenvalue weighted by molar-refractivity contribution is 6.32. The van der Waals surface area contributed by atoms with Gasteiger partial charge in [-0.05, 0) is 42.0 Å². The molecule has 1 nitrogen and oxygen atoms in total. The molecular formula is C19H11Cl2N. The fourth-order valence-corrected chi connectivity index (χ4v) is 3.15. The van der Waals surface area contributed by atoms with Crippen LogP contribution in [0.5, 0.6) is 0 Å². The van der Waals surface area contributed by atoms with Gasteiger partial charge in [0.05, 0.1) is 11.0 Å². The fourth-order valence-electron chi connectivity index (χ4n) is 2.80. The van der Waals surface area contributed by atoms with Gasteiger partial charge in [0.2, 0.25) is 0 Å². The lowest BCUT2D eigenvalue weighted by Gasteiger charge is -2.12. The molecule has 0 atom stereocenters. The Balaban J connectivity index is 2.24. The summed E-state index contributed by atoms with van der Waals surface area (Å²) in [6.45, 7) is 0. The standard InChI is InChI=1S/C19H11Cl2N/c20-13-6-8-17-15(10-13)19(12-4-2-1-3-5-12)16-11-14(21)7-9-18(16)22-17/h1-11H. The normalized spacial score (nSPS) is 11.2. The molecule has 0 N–H and O–H groups in total. The number of nitrogens with zero attached hydrogens (tertiary/aromatic N) is 1. The largest absolute Gasteiger partial charge is 0.248 e. The Morgan fingerprint density at radius 2 is 1.18 bits per heavy atom. The molecule has 0 aliphatic heterocycles. The van der Waals surface area contributed by atoms with Crippen molar-refractivity contribution in [3.8, 4) is 11.1 Å². The SMILES string of the molecule is Clc1ccc2nc3ccc(Cl)cc3c(-c3ccccc3)c2c1. The predicted octanol–water partition coefficient (Wildman–Crippen LogP) is 6.36. The van der Waals surface area contributed by atoms with Crippen LogP contribution in [0, 0.1) is 0 Å². The first-order chi connectivity index (χ1) is 10.7. The molecule has 3 heteroatoms. The number of benzene rings is 3. The van der Waals surface area contributed by atoms with Crippen LogP contribution in [0.1, 0.15) is 0 Å². The molecule has 0 saturated carbocycles. The first-order valence-corrected chi connectivity index (χ1v) is 7.72. The van der Waals surface area contributed by atoms with Crippen LogP contribution in [-0.2, 0) is 0 Å². The number of fused-ring (bicyclic) bond motifs is 2. The minimum Gasteiger partial charge on any atom is -0.248 e. The molecule has 0 unspecified atom stereocenters. The Morgan fingerprint density at radius 3 is 1.73 bits per heavy atom. The van der Waals surface area contributed by atoms with Crippen molar-refractivity contribution >= 4 is 45.0 Å². The van der Waals surface area contributed by atoms with E-state index in [-0.39, 0.29) is 0 Å². The smallest absolute Gasteiger partial charge is 0.0717 e. The molecule has 1 aromatic heterocycles. The number of rotatable bonds is 1. The Hall–Kier alpha value is -2.09.